The first-order valence-electron chi connectivity index (χ1n) is 5.82. The summed E-state index contributed by atoms with van der Waals surface area (Å²) in [5, 5.41) is 14.1. The largest absolute Gasteiger partial charge is 0.409 e. The van der Waals surface area contributed by atoms with E-state index in [0.29, 0.717) is 12.8 Å². The fraction of sp³-hybridized carbons (Fsp3) is 0.385. The highest BCUT2D eigenvalue weighted by atomic mass is 16.4. The lowest BCUT2D eigenvalue weighted by atomic mass is 10.1. The highest BCUT2D eigenvalue weighted by Gasteiger charge is 2.09. The SMILES string of the molecule is Cc1cccc(CC(=O)NC(C)CC(N)=NO)c1. The highest BCUT2D eigenvalue weighted by molar-refractivity contribution is 5.82. The van der Waals surface area contributed by atoms with Crippen LogP contribution in [0.25, 0.3) is 0 Å². The topological polar surface area (TPSA) is 87.7 Å². The second kappa shape index (κ2) is 6.64. The van der Waals surface area contributed by atoms with E-state index in [1.807, 2.05) is 38.1 Å². The number of nitrogens with two attached hydrogens (primary N) is 1. The summed E-state index contributed by atoms with van der Waals surface area (Å²) < 4.78 is 0. The van der Waals surface area contributed by atoms with Crippen molar-refractivity contribution in [2.75, 3.05) is 0 Å². The number of carbonyl (C=O) groups excluding carboxylic acids is 1. The normalized spacial score (nSPS) is 13.1. The Hall–Kier alpha value is -2.04. The minimum atomic E-state index is -0.154. The summed E-state index contributed by atoms with van der Waals surface area (Å²) >= 11 is 0. The molecule has 0 radical (unpaired) electrons. The van der Waals surface area contributed by atoms with Gasteiger partial charge in [-0.2, -0.15) is 0 Å². The number of hydrogen-bond acceptors (Lipinski definition) is 3. The maximum absolute atomic E-state index is 11.7. The van der Waals surface area contributed by atoms with Crippen molar-refractivity contribution in [2.45, 2.75) is 32.7 Å². The molecule has 0 saturated carbocycles. The van der Waals surface area contributed by atoms with Gasteiger partial charge >= 0.3 is 0 Å². The van der Waals surface area contributed by atoms with Crippen molar-refractivity contribution >= 4 is 11.7 Å². The number of nitrogens with zero attached hydrogens (tertiary/aromatic N) is 1. The predicted molar refractivity (Wildman–Crippen MR) is 70.5 cm³/mol. The number of amidine groups is 1. The predicted octanol–water partition coefficient (Wildman–Crippen LogP) is 1.18. The second-order valence-corrected chi connectivity index (χ2v) is 4.43. The first kappa shape index (κ1) is 14.0. The number of benzene rings is 1. The van der Waals surface area contributed by atoms with Crippen molar-refractivity contribution in [2.24, 2.45) is 10.9 Å². The van der Waals surface area contributed by atoms with Gasteiger partial charge in [-0.25, -0.2) is 0 Å². The molecule has 5 heteroatoms. The van der Waals surface area contributed by atoms with Crippen molar-refractivity contribution in [3.05, 3.63) is 35.4 Å². The molecule has 0 spiro atoms. The van der Waals surface area contributed by atoms with Crippen molar-refractivity contribution in [1.29, 1.82) is 0 Å². The van der Waals surface area contributed by atoms with Gasteiger partial charge < -0.3 is 16.3 Å². The number of rotatable bonds is 5. The first-order chi connectivity index (χ1) is 8.51. The zero-order valence-electron chi connectivity index (χ0n) is 10.7. The Bertz CT molecular complexity index is 444. The molecule has 0 aromatic heterocycles. The van der Waals surface area contributed by atoms with E-state index in [4.69, 9.17) is 10.9 Å². The standard InChI is InChI=1S/C13H19N3O2/c1-9-4-3-5-11(6-9)8-13(17)15-10(2)7-12(14)16-18/h3-6,10,18H,7-8H2,1-2H3,(H2,14,16)(H,15,17). The summed E-state index contributed by atoms with van der Waals surface area (Å²) in [5.74, 6) is 0.0391. The first-order valence-corrected chi connectivity index (χ1v) is 5.82. The van der Waals surface area contributed by atoms with Crippen LogP contribution < -0.4 is 11.1 Å². The van der Waals surface area contributed by atoms with Crippen LogP contribution >= 0.6 is 0 Å². The Morgan fingerprint density at radius 1 is 1.56 bits per heavy atom. The highest BCUT2D eigenvalue weighted by Crippen LogP contribution is 2.05. The van der Waals surface area contributed by atoms with E-state index in [9.17, 15) is 4.79 Å². The van der Waals surface area contributed by atoms with Gasteiger partial charge in [-0.1, -0.05) is 35.0 Å². The van der Waals surface area contributed by atoms with E-state index < -0.39 is 0 Å². The fourth-order valence-corrected chi connectivity index (χ4v) is 1.74. The zero-order valence-corrected chi connectivity index (χ0v) is 10.7. The molecule has 1 atom stereocenters. The minimum absolute atomic E-state index is 0.0705. The Balaban J connectivity index is 2.47. The van der Waals surface area contributed by atoms with Crippen LogP contribution in [-0.4, -0.2) is 23.0 Å². The van der Waals surface area contributed by atoms with Gasteiger partial charge in [-0.3, -0.25) is 4.79 Å². The molecule has 0 bridgehead atoms. The molecule has 0 saturated heterocycles. The Labute approximate surface area is 107 Å². The molecular weight excluding hydrogens is 230 g/mol. The van der Waals surface area contributed by atoms with Crippen molar-refractivity contribution in [3.8, 4) is 0 Å². The lowest BCUT2D eigenvalue weighted by Gasteiger charge is -2.13. The molecule has 5 nitrogen and oxygen atoms in total. The molecule has 1 aromatic rings. The lowest BCUT2D eigenvalue weighted by molar-refractivity contribution is -0.121. The van der Waals surface area contributed by atoms with Crippen molar-refractivity contribution in [1.82, 2.24) is 5.32 Å². The Kier molecular flexibility index (Phi) is 5.17. The smallest absolute Gasteiger partial charge is 0.224 e. The van der Waals surface area contributed by atoms with Crippen molar-refractivity contribution < 1.29 is 10.0 Å². The van der Waals surface area contributed by atoms with Crippen molar-refractivity contribution in [3.63, 3.8) is 0 Å². The molecule has 0 heterocycles. The molecule has 1 amide bonds. The molecule has 0 aliphatic rings. The molecule has 0 aliphatic carbocycles. The number of carbonyl (C=O) groups is 1. The molecule has 1 rings (SSSR count). The lowest BCUT2D eigenvalue weighted by Crippen LogP contribution is -2.36. The van der Waals surface area contributed by atoms with E-state index in [0.717, 1.165) is 11.1 Å². The zero-order chi connectivity index (χ0) is 13.5. The number of oxime groups is 1. The summed E-state index contributed by atoms with van der Waals surface area (Å²) in [4.78, 5) is 11.7. The van der Waals surface area contributed by atoms with Gasteiger partial charge in [0, 0.05) is 12.5 Å². The van der Waals surface area contributed by atoms with E-state index in [1.165, 1.54) is 0 Å². The molecule has 1 unspecified atom stereocenters. The van der Waals surface area contributed by atoms with Crippen LogP contribution in [0.2, 0.25) is 0 Å². The van der Waals surface area contributed by atoms with Crippen LogP contribution in [0.5, 0.6) is 0 Å². The maximum Gasteiger partial charge on any atom is 0.224 e. The molecule has 98 valence electrons. The van der Waals surface area contributed by atoms with Gasteiger partial charge in [0.15, 0.2) is 0 Å². The third-order valence-corrected chi connectivity index (χ3v) is 2.50. The number of amides is 1. The van der Waals surface area contributed by atoms with E-state index in [-0.39, 0.29) is 17.8 Å². The van der Waals surface area contributed by atoms with Crippen LogP contribution in [-0.2, 0) is 11.2 Å². The quantitative estimate of drug-likeness (QED) is 0.317. The Morgan fingerprint density at radius 3 is 2.89 bits per heavy atom. The van der Waals surface area contributed by atoms with Gasteiger partial charge in [0.2, 0.25) is 5.91 Å². The molecular formula is C13H19N3O2. The third kappa shape index (κ3) is 4.86. The average molecular weight is 249 g/mol. The Morgan fingerprint density at radius 2 is 2.28 bits per heavy atom. The van der Waals surface area contributed by atoms with E-state index in [2.05, 4.69) is 10.5 Å². The number of hydrogen-bond donors (Lipinski definition) is 3. The van der Waals surface area contributed by atoms with Gasteiger partial charge in [0.1, 0.15) is 5.84 Å². The second-order valence-electron chi connectivity index (χ2n) is 4.43. The summed E-state index contributed by atoms with van der Waals surface area (Å²) in [7, 11) is 0. The summed E-state index contributed by atoms with van der Waals surface area (Å²) in [6.45, 7) is 3.80. The third-order valence-electron chi connectivity index (χ3n) is 2.50. The van der Waals surface area contributed by atoms with Gasteiger partial charge in [0.05, 0.1) is 6.42 Å². The molecule has 4 N–H and O–H groups in total. The maximum atomic E-state index is 11.7. The van der Waals surface area contributed by atoms with Gasteiger partial charge in [-0.15, -0.1) is 0 Å². The van der Waals surface area contributed by atoms with Crippen LogP contribution in [0.1, 0.15) is 24.5 Å². The molecule has 1 aromatic carbocycles. The van der Waals surface area contributed by atoms with E-state index in [1.54, 1.807) is 0 Å². The van der Waals surface area contributed by atoms with Crippen LogP contribution in [0.3, 0.4) is 0 Å². The van der Waals surface area contributed by atoms with Gasteiger partial charge in [0.25, 0.3) is 0 Å². The minimum Gasteiger partial charge on any atom is -0.409 e. The van der Waals surface area contributed by atoms with Crippen LogP contribution in [0.4, 0.5) is 0 Å². The average Bonchev–Trinajstić information content (AvgIpc) is 2.28. The molecule has 0 fully saturated rings. The number of nitrogens with one attached hydrogen (secondary N) is 1. The summed E-state index contributed by atoms with van der Waals surface area (Å²) in [6, 6.07) is 7.66. The monoisotopic (exact) mass is 249 g/mol. The fourth-order valence-electron chi connectivity index (χ4n) is 1.74. The van der Waals surface area contributed by atoms with Crippen LogP contribution in [0.15, 0.2) is 29.4 Å². The summed E-state index contributed by atoms with van der Waals surface area (Å²) in [5.41, 5.74) is 7.48. The number of aryl methyl sites for hydroxylation is 1. The van der Waals surface area contributed by atoms with Gasteiger partial charge in [-0.05, 0) is 19.4 Å². The molecule has 0 aliphatic heterocycles. The molecule has 18 heavy (non-hydrogen) atoms. The summed E-state index contributed by atoms with van der Waals surface area (Å²) in [6.07, 6.45) is 0.665. The van der Waals surface area contributed by atoms with E-state index >= 15 is 0 Å². The van der Waals surface area contributed by atoms with Crippen LogP contribution in [0, 0.1) is 6.92 Å².